The van der Waals surface area contributed by atoms with Gasteiger partial charge >= 0.3 is 6.18 Å². The second-order valence-corrected chi connectivity index (χ2v) is 8.17. The number of carbonyl (C=O) groups is 1. The van der Waals surface area contributed by atoms with Gasteiger partial charge in [0.05, 0.1) is 17.1 Å². The van der Waals surface area contributed by atoms with E-state index in [-0.39, 0.29) is 17.5 Å². The molecule has 6 nitrogen and oxygen atoms in total. The van der Waals surface area contributed by atoms with Crippen LogP contribution in [-0.2, 0) is 18.1 Å². The minimum atomic E-state index is -4.52. The molecule has 0 radical (unpaired) electrons. The number of pyridine rings is 1. The third-order valence-electron chi connectivity index (χ3n) is 6.41. The molecule has 3 N–H and O–H groups in total. The molecule has 2 bridgehead atoms. The van der Waals surface area contributed by atoms with Crippen LogP contribution in [0.15, 0.2) is 36.5 Å². The Morgan fingerprint density at radius 2 is 2.07 bits per heavy atom. The summed E-state index contributed by atoms with van der Waals surface area (Å²) in [5.41, 5.74) is 6.84. The van der Waals surface area contributed by atoms with Crippen LogP contribution in [0.4, 0.5) is 13.2 Å². The maximum Gasteiger partial charge on any atom is 0.417 e. The third-order valence-corrected chi connectivity index (χ3v) is 6.41. The molecule has 1 aliphatic carbocycles. The summed E-state index contributed by atoms with van der Waals surface area (Å²) in [6, 6.07) is 6.58. The number of likely N-dealkylation sites (N-methyl/N-ethyl adjacent to an activating group) is 2. The number of halogens is 3. The summed E-state index contributed by atoms with van der Waals surface area (Å²) in [6.07, 6.45) is -2.63. The van der Waals surface area contributed by atoms with Crippen molar-refractivity contribution in [1.29, 1.82) is 0 Å². The monoisotopic (exact) mass is 420 g/mol. The van der Waals surface area contributed by atoms with E-state index in [9.17, 15) is 23.1 Å². The molecule has 30 heavy (non-hydrogen) atoms. The number of likely N-dealkylation sites (tertiary alicyclic amines) is 1. The topological polar surface area (TPSA) is 82.7 Å². The first kappa shape index (κ1) is 20.6. The number of amides is 1. The molecule has 0 saturated carbocycles. The lowest BCUT2D eigenvalue weighted by Crippen LogP contribution is -2.71. The number of piperidine rings is 1. The number of hydrogen-bond donors (Lipinski definition) is 2. The number of aromatic hydroxyl groups is 1. The molecular weight excluding hydrogens is 397 g/mol. The van der Waals surface area contributed by atoms with Crippen LogP contribution in [0, 0.1) is 0 Å². The van der Waals surface area contributed by atoms with Crippen LogP contribution in [0.25, 0.3) is 0 Å². The number of aromatic nitrogens is 1. The Balaban J connectivity index is 1.70. The zero-order chi connectivity index (χ0) is 21.8. The maximum absolute atomic E-state index is 13.1. The average Bonchev–Trinajstić information content (AvgIpc) is 2.70. The van der Waals surface area contributed by atoms with Gasteiger partial charge in [-0.1, -0.05) is 6.07 Å². The van der Waals surface area contributed by atoms with Crippen molar-refractivity contribution < 1.29 is 23.1 Å². The zero-order valence-electron chi connectivity index (χ0n) is 16.6. The number of rotatable bonds is 2. The first-order chi connectivity index (χ1) is 14.0. The molecule has 1 aromatic heterocycles. The molecule has 3 atom stereocenters. The molecule has 1 saturated heterocycles. The van der Waals surface area contributed by atoms with Gasteiger partial charge in [-0.2, -0.15) is 13.2 Å². The largest absolute Gasteiger partial charge is 0.508 e. The number of benzene rings is 1. The van der Waals surface area contributed by atoms with Crippen LogP contribution in [0.1, 0.15) is 33.6 Å². The average molecular weight is 420 g/mol. The van der Waals surface area contributed by atoms with E-state index in [1.165, 1.54) is 4.90 Å². The van der Waals surface area contributed by atoms with E-state index in [1.54, 1.807) is 19.2 Å². The number of fused-ring (bicyclic) bond motifs is 4. The first-order valence-electron chi connectivity index (χ1n) is 9.64. The highest BCUT2D eigenvalue weighted by Crippen LogP contribution is 2.44. The van der Waals surface area contributed by atoms with Gasteiger partial charge in [-0.25, -0.2) is 0 Å². The zero-order valence-corrected chi connectivity index (χ0v) is 16.6. The summed E-state index contributed by atoms with van der Waals surface area (Å²) >= 11 is 0. The predicted octanol–water partition coefficient (Wildman–Crippen LogP) is 2.36. The van der Waals surface area contributed by atoms with Crippen LogP contribution in [-0.4, -0.2) is 58.5 Å². The number of carbonyl (C=O) groups excluding carboxylic acids is 1. The first-order valence-corrected chi connectivity index (χ1v) is 9.64. The SMILES string of the molecule is CN1CCC2(N)c3cc(O)ccc3CC1C2N(C)C(=O)c1ccc(C(F)(F)F)cn1. The van der Waals surface area contributed by atoms with Gasteiger partial charge < -0.3 is 20.6 Å². The molecule has 9 heteroatoms. The molecular formula is C21H23F3N4O2. The lowest BCUT2D eigenvalue weighted by Gasteiger charge is -2.56. The second-order valence-electron chi connectivity index (χ2n) is 8.17. The van der Waals surface area contributed by atoms with E-state index in [0.29, 0.717) is 19.0 Å². The van der Waals surface area contributed by atoms with Gasteiger partial charge in [0.2, 0.25) is 0 Å². The molecule has 0 spiro atoms. The highest BCUT2D eigenvalue weighted by atomic mass is 19.4. The summed E-state index contributed by atoms with van der Waals surface area (Å²) in [4.78, 5) is 20.5. The quantitative estimate of drug-likeness (QED) is 0.780. The second kappa shape index (κ2) is 6.95. The predicted molar refractivity (Wildman–Crippen MR) is 104 cm³/mol. The van der Waals surface area contributed by atoms with Crippen LogP contribution < -0.4 is 5.73 Å². The molecule has 3 unspecified atom stereocenters. The maximum atomic E-state index is 13.1. The van der Waals surface area contributed by atoms with Crippen molar-refractivity contribution in [3.63, 3.8) is 0 Å². The fraction of sp³-hybridized carbons (Fsp3) is 0.429. The molecule has 2 aliphatic rings. The molecule has 1 aliphatic heterocycles. The van der Waals surface area contributed by atoms with Crippen molar-refractivity contribution in [2.24, 2.45) is 5.73 Å². The van der Waals surface area contributed by atoms with Crippen molar-refractivity contribution in [2.45, 2.75) is 36.6 Å². The summed E-state index contributed by atoms with van der Waals surface area (Å²) in [5, 5.41) is 10.0. The lowest BCUT2D eigenvalue weighted by molar-refractivity contribution is -0.137. The van der Waals surface area contributed by atoms with Crippen LogP contribution >= 0.6 is 0 Å². The minimum absolute atomic E-state index is 0.0656. The van der Waals surface area contributed by atoms with Crippen LogP contribution in [0.5, 0.6) is 5.75 Å². The Kier molecular flexibility index (Phi) is 4.78. The van der Waals surface area contributed by atoms with E-state index >= 15 is 0 Å². The summed E-state index contributed by atoms with van der Waals surface area (Å²) in [6.45, 7) is 0.729. The number of phenols is 1. The van der Waals surface area contributed by atoms with Gasteiger partial charge in [0.1, 0.15) is 11.4 Å². The highest BCUT2D eigenvalue weighted by molar-refractivity contribution is 5.92. The Hall–Kier alpha value is -2.65. The van der Waals surface area contributed by atoms with Crippen molar-refractivity contribution in [3.05, 3.63) is 58.9 Å². The lowest BCUT2D eigenvalue weighted by atomic mass is 9.66. The molecule has 2 heterocycles. The minimum Gasteiger partial charge on any atom is -0.508 e. The third kappa shape index (κ3) is 3.22. The number of nitrogens with zero attached hydrogens (tertiary/aromatic N) is 3. The Morgan fingerprint density at radius 3 is 2.70 bits per heavy atom. The summed E-state index contributed by atoms with van der Waals surface area (Å²) in [7, 11) is 3.57. The molecule has 4 rings (SSSR count). The number of hydrogen-bond acceptors (Lipinski definition) is 5. The highest BCUT2D eigenvalue weighted by Gasteiger charge is 2.53. The van der Waals surface area contributed by atoms with E-state index in [0.717, 1.165) is 29.8 Å². The van der Waals surface area contributed by atoms with E-state index in [1.807, 2.05) is 13.1 Å². The number of alkyl halides is 3. The van der Waals surface area contributed by atoms with Gasteiger partial charge in [0.25, 0.3) is 5.91 Å². The normalized spacial score (nSPS) is 26.2. The smallest absolute Gasteiger partial charge is 0.417 e. The number of phenolic OH excluding ortho intramolecular Hbond substituents is 1. The summed E-state index contributed by atoms with van der Waals surface area (Å²) in [5.74, 6) is -0.388. The van der Waals surface area contributed by atoms with Crippen molar-refractivity contribution in [3.8, 4) is 5.75 Å². The fourth-order valence-electron chi connectivity index (χ4n) is 4.82. The van der Waals surface area contributed by atoms with Crippen molar-refractivity contribution >= 4 is 5.91 Å². The van der Waals surface area contributed by atoms with Crippen molar-refractivity contribution in [2.75, 3.05) is 20.6 Å². The summed E-state index contributed by atoms with van der Waals surface area (Å²) < 4.78 is 38.4. The Morgan fingerprint density at radius 1 is 1.33 bits per heavy atom. The Labute approximate surface area is 172 Å². The standard InChI is InChI=1S/C21H23F3N4O2/c1-27-8-7-20(25)15-10-14(29)5-3-12(15)9-17(27)18(20)28(2)19(30)16-6-4-13(11-26-16)21(22,23)24/h3-6,10-11,17-18,29H,7-9,25H2,1-2H3. The van der Waals surface area contributed by atoms with E-state index in [4.69, 9.17) is 5.73 Å². The van der Waals surface area contributed by atoms with Gasteiger partial charge in [0, 0.05) is 25.8 Å². The number of nitrogens with two attached hydrogens (primary N) is 1. The van der Waals surface area contributed by atoms with Gasteiger partial charge in [-0.3, -0.25) is 9.78 Å². The molecule has 1 aromatic carbocycles. The fourth-order valence-corrected chi connectivity index (χ4v) is 4.82. The molecule has 160 valence electrons. The van der Waals surface area contributed by atoms with Crippen molar-refractivity contribution in [1.82, 2.24) is 14.8 Å². The Bertz CT molecular complexity index is 979. The molecule has 1 fully saturated rings. The van der Waals surface area contributed by atoms with E-state index < -0.39 is 29.2 Å². The van der Waals surface area contributed by atoms with Gasteiger partial charge in [0.15, 0.2) is 0 Å². The van der Waals surface area contributed by atoms with Gasteiger partial charge in [-0.15, -0.1) is 0 Å². The molecule has 1 amide bonds. The molecule has 2 aromatic rings. The van der Waals surface area contributed by atoms with Gasteiger partial charge in [-0.05, 0) is 55.3 Å². The van der Waals surface area contributed by atoms with Crippen LogP contribution in [0.3, 0.4) is 0 Å². The van der Waals surface area contributed by atoms with E-state index in [2.05, 4.69) is 9.88 Å². The van der Waals surface area contributed by atoms with Crippen LogP contribution in [0.2, 0.25) is 0 Å².